The highest BCUT2D eigenvalue weighted by atomic mass is 32.2. The maximum atomic E-state index is 10.9. The summed E-state index contributed by atoms with van der Waals surface area (Å²) in [6, 6.07) is 16.2. The number of aromatic nitrogens is 1. The number of nitrogen functional groups attached to an aromatic ring is 1. The molecule has 0 radical (unpaired) electrons. The summed E-state index contributed by atoms with van der Waals surface area (Å²) in [5.74, 6) is 0. The molecule has 4 N–H and O–H groups in total. The van der Waals surface area contributed by atoms with Gasteiger partial charge in [-0.1, -0.05) is 36.0 Å². The number of anilines is 1. The van der Waals surface area contributed by atoms with Crippen LogP contribution < -0.4 is 11.1 Å². The minimum atomic E-state index is 0.595. The Morgan fingerprint density at radius 1 is 1.10 bits per heavy atom. The molecule has 0 aliphatic heterocycles. The largest absolute Gasteiger partial charge is 0.398 e. The summed E-state index contributed by atoms with van der Waals surface area (Å²) < 4.78 is 1.87. The number of carbonyl (C=O) groups excluding carboxylic acids is 1. The van der Waals surface area contributed by atoms with E-state index in [0.717, 1.165) is 21.8 Å². The van der Waals surface area contributed by atoms with Gasteiger partial charge in [-0.05, 0) is 75.7 Å². The lowest BCUT2D eigenvalue weighted by Gasteiger charge is -2.05. The molecule has 4 rings (SSSR count). The molecule has 5 nitrogen and oxygen atoms in total. The van der Waals surface area contributed by atoms with Gasteiger partial charge >= 0.3 is 0 Å². The highest BCUT2D eigenvalue weighted by Crippen LogP contribution is 2.33. The number of hydrogen-bond donors (Lipinski definition) is 3. The van der Waals surface area contributed by atoms with E-state index < -0.39 is 0 Å². The minimum absolute atomic E-state index is 0.595. The smallest absolute Gasteiger partial charge is 0.166 e. The molecular formula is C25H32N4OS. The van der Waals surface area contributed by atoms with E-state index in [9.17, 15) is 4.79 Å². The van der Waals surface area contributed by atoms with Crippen molar-refractivity contribution in [2.45, 2.75) is 36.0 Å². The Labute approximate surface area is 189 Å². The predicted octanol–water partition coefficient (Wildman–Crippen LogP) is 4.89. The molecule has 0 unspecified atom stereocenters. The highest BCUT2D eigenvalue weighted by molar-refractivity contribution is 7.99. The molecule has 1 aliphatic rings. The van der Waals surface area contributed by atoms with Crippen LogP contribution in [0.3, 0.4) is 0 Å². The van der Waals surface area contributed by atoms with Crippen LogP contribution in [0.2, 0.25) is 0 Å². The molecule has 1 aliphatic carbocycles. The average Bonchev–Trinajstić information content (AvgIpc) is 3.36. The Hall–Kier alpha value is -2.83. The number of aldehydes is 1. The van der Waals surface area contributed by atoms with Gasteiger partial charge in [0, 0.05) is 40.0 Å². The Morgan fingerprint density at radius 2 is 1.71 bits per heavy atom. The summed E-state index contributed by atoms with van der Waals surface area (Å²) in [5.41, 5.74) is 11.9. The van der Waals surface area contributed by atoms with Gasteiger partial charge in [-0.15, -0.1) is 0 Å². The fourth-order valence-corrected chi connectivity index (χ4v) is 4.33. The number of benzene rings is 2. The van der Waals surface area contributed by atoms with Crippen LogP contribution in [0, 0.1) is 12.3 Å². The van der Waals surface area contributed by atoms with Crippen molar-refractivity contribution in [1.29, 1.82) is 5.41 Å². The zero-order chi connectivity index (χ0) is 22.8. The SMILES string of the molecule is CNC.Cc1c(Sc2ccc(N)c(C=N)c2)cc(C=O)n1C.c1ccc2c(c1)CCC2. The van der Waals surface area contributed by atoms with Gasteiger partial charge in [0.2, 0.25) is 0 Å². The Bertz CT molecular complexity index is 1000. The first-order chi connectivity index (χ1) is 14.9. The lowest BCUT2D eigenvalue weighted by Crippen LogP contribution is -1.95. The first-order valence-electron chi connectivity index (χ1n) is 10.3. The van der Waals surface area contributed by atoms with E-state index in [0.29, 0.717) is 16.9 Å². The van der Waals surface area contributed by atoms with Crippen molar-refractivity contribution in [3.05, 3.63) is 76.6 Å². The van der Waals surface area contributed by atoms with E-state index in [1.54, 1.807) is 29.0 Å². The van der Waals surface area contributed by atoms with Crippen LogP contribution in [0.15, 0.2) is 58.3 Å². The van der Waals surface area contributed by atoms with Crippen LogP contribution in [-0.2, 0) is 19.9 Å². The number of carbonyl (C=O) groups is 1. The molecule has 0 atom stereocenters. The predicted molar refractivity (Wildman–Crippen MR) is 132 cm³/mol. The lowest BCUT2D eigenvalue weighted by molar-refractivity contribution is 0.111. The normalized spacial score (nSPS) is 11.5. The number of nitrogens with zero attached hydrogens (tertiary/aromatic N) is 1. The molecule has 3 aromatic rings. The number of nitrogens with one attached hydrogen (secondary N) is 2. The average molecular weight is 437 g/mol. The number of nitrogens with two attached hydrogens (primary N) is 1. The van der Waals surface area contributed by atoms with E-state index >= 15 is 0 Å². The molecule has 1 heterocycles. The van der Waals surface area contributed by atoms with Crippen LogP contribution in [0.25, 0.3) is 0 Å². The highest BCUT2D eigenvalue weighted by Gasteiger charge is 2.10. The molecule has 6 heteroatoms. The molecule has 0 spiro atoms. The van der Waals surface area contributed by atoms with E-state index in [-0.39, 0.29) is 0 Å². The second kappa shape index (κ2) is 12.1. The first kappa shape index (κ1) is 24.4. The maximum Gasteiger partial charge on any atom is 0.166 e. The van der Waals surface area contributed by atoms with Gasteiger partial charge in [-0.2, -0.15) is 0 Å². The standard InChI is InChI=1S/C14H15N3OS.C9H10.C2H7N/c1-9-14(6-11(8-18)17(9)2)19-12-3-4-13(16)10(5-12)7-15;1-2-5-9-7-3-6-8(9)4-1;1-3-2/h3-8,15H,16H2,1-2H3;1-2,4-5H,3,6-7H2;3H,1-2H3. The van der Waals surface area contributed by atoms with Gasteiger partial charge in [0.25, 0.3) is 0 Å². The van der Waals surface area contributed by atoms with Crippen molar-refractivity contribution in [3.63, 3.8) is 0 Å². The quantitative estimate of drug-likeness (QED) is 0.309. The third-order valence-corrected chi connectivity index (χ3v) is 6.22. The van der Waals surface area contributed by atoms with Crippen molar-refractivity contribution in [1.82, 2.24) is 9.88 Å². The molecular weight excluding hydrogens is 404 g/mol. The van der Waals surface area contributed by atoms with Crippen LogP contribution in [-0.4, -0.2) is 31.2 Å². The summed E-state index contributed by atoms with van der Waals surface area (Å²) in [7, 11) is 5.62. The Kier molecular flexibility index (Phi) is 9.56. The van der Waals surface area contributed by atoms with Gasteiger partial charge in [0.1, 0.15) is 0 Å². The van der Waals surface area contributed by atoms with Crippen LogP contribution >= 0.6 is 11.8 Å². The topological polar surface area (TPSA) is 83.9 Å². The Morgan fingerprint density at radius 3 is 2.23 bits per heavy atom. The summed E-state index contributed by atoms with van der Waals surface area (Å²) in [6.45, 7) is 1.98. The molecule has 1 aromatic heterocycles. The van der Waals surface area contributed by atoms with Gasteiger partial charge < -0.3 is 21.0 Å². The van der Waals surface area contributed by atoms with Gasteiger partial charge in [-0.3, -0.25) is 4.79 Å². The van der Waals surface area contributed by atoms with Crippen LogP contribution in [0.5, 0.6) is 0 Å². The van der Waals surface area contributed by atoms with E-state index in [1.807, 2.05) is 50.8 Å². The number of fused-ring (bicyclic) bond motifs is 1. The molecule has 0 saturated carbocycles. The third-order valence-electron chi connectivity index (χ3n) is 5.10. The number of hydrogen-bond acceptors (Lipinski definition) is 5. The number of aryl methyl sites for hydroxylation is 2. The molecule has 0 saturated heterocycles. The molecule has 31 heavy (non-hydrogen) atoms. The van der Waals surface area contributed by atoms with Gasteiger partial charge in [-0.25, -0.2) is 0 Å². The summed E-state index contributed by atoms with van der Waals surface area (Å²) in [4.78, 5) is 12.9. The van der Waals surface area contributed by atoms with Gasteiger partial charge in [0.05, 0.1) is 5.69 Å². The second-order valence-corrected chi connectivity index (χ2v) is 8.47. The van der Waals surface area contributed by atoms with Crippen molar-refractivity contribution in [2.75, 3.05) is 19.8 Å². The van der Waals surface area contributed by atoms with Crippen molar-refractivity contribution < 1.29 is 4.79 Å². The third kappa shape index (κ3) is 6.57. The molecule has 0 fully saturated rings. The monoisotopic (exact) mass is 436 g/mol. The zero-order valence-electron chi connectivity index (χ0n) is 18.7. The first-order valence-corrected chi connectivity index (χ1v) is 11.1. The fourth-order valence-electron chi connectivity index (χ4n) is 3.29. The zero-order valence-corrected chi connectivity index (χ0v) is 19.6. The molecule has 2 aromatic carbocycles. The van der Waals surface area contributed by atoms with E-state index in [4.69, 9.17) is 11.1 Å². The van der Waals surface area contributed by atoms with Crippen molar-refractivity contribution in [3.8, 4) is 0 Å². The molecule has 0 bridgehead atoms. The van der Waals surface area contributed by atoms with E-state index in [1.165, 1.54) is 25.5 Å². The second-order valence-electron chi connectivity index (χ2n) is 7.36. The summed E-state index contributed by atoms with van der Waals surface area (Å²) >= 11 is 1.56. The van der Waals surface area contributed by atoms with Gasteiger partial charge in [0.15, 0.2) is 6.29 Å². The van der Waals surface area contributed by atoms with Crippen molar-refractivity contribution >= 4 is 30.0 Å². The van der Waals surface area contributed by atoms with Crippen LogP contribution in [0.4, 0.5) is 5.69 Å². The summed E-state index contributed by atoms with van der Waals surface area (Å²) in [5, 5.41) is 10.1. The van der Waals surface area contributed by atoms with E-state index in [2.05, 4.69) is 29.6 Å². The lowest BCUT2D eigenvalue weighted by atomic mass is 10.1. The minimum Gasteiger partial charge on any atom is -0.398 e. The summed E-state index contributed by atoms with van der Waals surface area (Å²) in [6.07, 6.45) is 6.06. The molecule has 0 amide bonds. The molecule has 164 valence electrons. The number of rotatable bonds is 4. The maximum absolute atomic E-state index is 10.9. The van der Waals surface area contributed by atoms with Crippen LogP contribution in [0.1, 0.15) is 39.3 Å². The Balaban J connectivity index is 0.000000234. The fraction of sp³-hybridized carbons (Fsp3) is 0.280. The van der Waals surface area contributed by atoms with Crippen molar-refractivity contribution in [2.24, 2.45) is 7.05 Å².